The number of hydrogen-bond donors (Lipinski definition) is 3. The van der Waals surface area contributed by atoms with E-state index in [-0.39, 0.29) is 24.3 Å². The lowest BCUT2D eigenvalue weighted by molar-refractivity contribution is -0.115. The van der Waals surface area contributed by atoms with Gasteiger partial charge in [0.1, 0.15) is 0 Å². The normalized spacial score (nSPS) is 10.0. The maximum Gasteiger partial charge on any atom is 0.251 e. The molecule has 0 aliphatic heterocycles. The zero-order valence-electron chi connectivity index (χ0n) is 14.3. The Morgan fingerprint density at radius 1 is 0.960 bits per heavy atom. The van der Waals surface area contributed by atoms with Gasteiger partial charge in [0.25, 0.3) is 5.91 Å². The Morgan fingerprint density at radius 2 is 1.72 bits per heavy atom. The van der Waals surface area contributed by atoms with Crippen molar-refractivity contribution in [2.75, 3.05) is 17.2 Å². The van der Waals surface area contributed by atoms with E-state index in [0.29, 0.717) is 11.3 Å². The molecule has 0 unspecified atom stereocenters. The first kappa shape index (κ1) is 18.2. The second kappa shape index (κ2) is 8.63. The quantitative estimate of drug-likeness (QED) is 0.756. The van der Waals surface area contributed by atoms with Crippen LogP contribution in [0.5, 0.6) is 0 Å². The Labute approximate surface area is 146 Å². The lowest BCUT2D eigenvalue weighted by atomic mass is 10.1. The van der Waals surface area contributed by atoms with E-state index in [2.05, 4.69) is 16.0 Å². The highest BCUT2D eigenvalue weighted by Gasteiger charge is 2.10. The number of amides is 3. The SMILES string of the molecule is CCc1ccccc1NC(=O)CNC(=O)c1cccc(NC(C)=O)c1. The average Bonchev–Trinajstić information content (AvgIpc) is 2.60. The molecular formula is C19H21N3O3. The van der Waals surface area contributed by atoms with Crippen molar-refractivity contribution in [3.05, 3.63) is 59.7 Å². The van der Waals surface area contributed by atoms with Gasteiger partial charge < -0.3 is 16.0 Å². The van der Waals surface area contributed by atoms with E-state index in [4.69, 9.17) is 0 Å². The van der Waals surface area contributed by atoms with Crippen molar-refractivity contribution in [1.82, 2.24) is 5.32 Å². The Hall–Kier alpha value is -3.15. The molecule has 2 aromatic rings. The van der Waals surface area contributed by atoms with Crippen LogP contribution in [-0.4, -0.2) is 24.3 Å². The number of rotatable bonds is 6. The van der Waals surface area contributed by atoms with Gasteiger partial charge in [-0.25, -0.2) is 0 Å². The summed E-state index contributed by atoms with van der Waals surface area (Å²) in [5.74, 6) is -0.898. The molecule has 0 radical (unpaired) electrons. The van der Waals surface area contributed by atoms with Crippen LogP contribution in [0.1, 0.15) is 29.8 Å². The van der Waals surface area contributed by atoms with E-state index in [9.17, 15) is 14.4 Å². The Bertz CT molecular complexity index is 787. The summed E-state index contributed by atoms with van der Waals surface area (Å²) in [5, 5.41) is 7.98. The minimum Gasteiger partial charge on any atom is -0.343 e. The molecule has 3 N–H and O–H groups in total. The van der Waals surface area contributed by atoms with Gasteiger partial charge in [-0.3, -0.25) is 14.4 Å². The Morgan fingerprint density at radius 3 is 2.44 bits per heavy atom. The number of carbonyl (C=O) groups excluding carboxylic acids is 3. The van der Waals surface area contributed by atoms with Crippen LogP contribution in [0.15, 0.2) is 48.5 Å². The first-order chi connectivity index (χ1) is 12.0. The number of para-hydroxylation sites is 1. The highest BCUT2D eigenvalue weighted by Crippen LogP contribution is 2.15. The molecule has 0 bridgehead atoms. The van der Waals surface area contributed by atoms with Crippen molar-refractivity contribution in [2.24, 2.45) is 0 Å². The number of benzene rings is 2. The van der Waals surface area contributed by atoms with Gasteiger partial charge in [0.05, 0.1) is 6.54 Å². The molecule has 0 atom stereocenters. The van der Waals surface area contributed by atoms with Crippen LogP contribution in [0.25, 0.3) is 0 Å². The first-order valence-corrected chi connectivity index (χ1v) is 8.03. The van der Waals surface area contributed by atoms with Crippen LogP contribution in [0.3, 0.4) is 0 Å². The van der Waals surface area contributed by atoms with Crippen LogP contribution in [0.2, 0.25) is 0 Å². The van der Waals surface area contributed by atoms with Crippen LogP contribution in [-0.2, 0) is 16.0 Å². The molecule has 0 aromatic heterocycles. The zero-order chi connectivity index (χ0) is 18.2. The molecule has 0 aliphatic carbocycles. The minimum atomic E-state index is -0.383. The van der Waals surface area contributed by atoms with Crippen LogP contribution >= 0.6 is 0 Å². The third kappa shape index (κ3) is 5.46. The van der Waals surface area contributed by atoms with Crippen molar-refractivity contribution >= 4 is 29.1 Å². The second-order valence-electron chi connectivity index (χ2n) is 5.50. The summed E-state index contributed by atoms with van der Waals surface area (Å²) in [6.45, 7) is 3.27. The highest BCUT2D eigenvalue weighted by molar-refractivity contribution is 6.00. The van der Waals surface area contributed by atoms with Gasteiger partial charge in [0, 0.05) is 23.9 Å². The van der Waals surface area contributed by atoms with Gasteiger partial charge in [0.15, 0.2) is 0 Å². The summed E-state index contributed by atoms with van der Waals surface area (Å²) in [5.41, 5.74) is 2.68. The van der Waals surface area contributed by atoms with Gasteiger partial charge in [-0.05, 0) is 36.2 Å². The summed E-state index contributed by atoms with van der Waals surface area (Å²) in [4.78, 5) is 35.3. The molecular weight excluding hydrogens is 318 g/mol. The molecule has 0 spiro atoms. The topological polar surface area (TPSA) is 87.3 Å². The number of nitrogens with one attached hydrogen (secondary N) is 3. The van der Waals surface area contributed by atoms with E-state index in [1.807, 2.05) is 31.2 Å². The summed E-state index contributed by atoms with van der Waals surface area (Å²) in [6.07, 6.45) is 0.804. The number of hydrogen-bond acceptors (Lipinski definition) is 3. The molecule has 0 fully saturated rings. The van der Waals surface area contributed by atoms with Crippen LogP contribution < -0.4 is 16.0 Å². The van der Waals surface area contributed by atoms with Gasteiger partial charge in [-0.1, -0.05) is 31.2 Å². The molecule has 2 rings (SSSR count). The second-order valence-corrected chi connectivity index (χ2v) is 5.50. The molecule has 6 heteroatoms. The van der Waals surface area contributed by atoms with Gasteiger partial charge in [-0.2, -0.15) is 0 Å². The van der Waals surface area contributed by atoms with Crippen molar-refractivity contribution in [3.63, 3.8) is 0 Å². The molecule has 3 amide bonds. The maximum atomic E-state index is 12.2. The standard InChI is InChI=1S/C19H21N3O3/c1-3-14-7-4-5-10-17(14)22-18(24)12-20-19(25)15-8-6-9-16(11-15)21-13(2)23/h4-11H,3,12H2,1-2H3,(H,20,25)(H,21,23)(H,22,24). The van der Waals surface area contributed by atoms with Gasteiger partial charge in [0.2, 0.25) is 11.8 Å². The molecule has 6 nitrogen and oxygen atoms in total. The molecule has 130 valence electrons. The Balaban J connectivity index is 1.93. The van der Waals surface area contributed by atoms with E-state index < -0.39 is 0 Å². The maximum absolute atomic E-state index is 12.2. The fourth-order valence-corrected chi connectivity index (χ4v) is 2.35. The zero-order valence-corrected chi connectivity index (χ0v) is 14.3. The minimum absolute atomic E-state index is 0.138. The predicted molar refractivity (Wildman–Crippen MR) is 97.5 cm³/mol. The molecule has 0 saturated carbocycles. The molecule has 0 saturated heterocycles. The van der Waals surface area contributed by atoms with Crippen molar-refractivity contribution in [3.8, 4) is 0 Å². The number of anilines is 2. The van der Waals surface area contributed by atoms with Crippen LogP contribution in [0.4, 0.5) is 11.4 Å². The highest BCUT2D eigenvalue weighted by atomic mass is 16.2. The smallest absolute Gasteiger partial charge is 0.251 e. The first-order valence-electron chi connectivity index (χ1n) is 8.03. The van der Waals surface area contributed by atoms with Gasteiger partial charge >= 0.3 is 0 Å². The fourth-order valence-electron chi connectivity index (χ4n) is 2.35. The van der Waals surface area contributed by atoms with E-state index >= 15 is 0 Å². The molecule has 2 aromatic carbocycles. The van der Waals surface area contributed by atoms with Gasteiger partial charge in [-0.15, -0.1) is 0 Å². The number of aryl methyl sites for hydroxylation is 1. The third-order valence-corrected chi connectivity index (χ3v) is 3.53. The average molecular weight is 339 g/mol. The summed E-state index contributed by atoms with van der Waals surface area (Å²) in [7, 11) is 0. The largest absolute Gasteiger partial charge is 0.343 e. The van der Waals surface area contributed by atoms with E-state index in [1.54, 1.807) is 24.3 Å². The molecule has 0 heterocycles. The fraction of sp³-hybridized carbons (Fsp3) is 0.211. The lowest BCUT2D eigenvalue weighted by Crippen LogP contribution is -2.33. The van der Waals surface area contributed by atoms with Crippen LogP contribution in [0, 0.1) is 0 Å². The summed E-state index contributed by atoms with van der Waals surface area (Å²) >= 11 is 0. The van der Waals surface area contributed by atoms with Crippen molar-refractivity contribution < 1.29 is 14.4 Å². The van der Waals surface area contributed by atoms with E-state index in [1.165, 1.54) is 6.92 Å². The third-order valence-electron chi connectivity index (χ3n) is 3.53. The van der Waals surface area contributed by atoms with Crippen molar-refractivity contribution in [1.29, 1.82) is 0 Å². The summed E-state index contributed by atoms with van der Waals surface area (Å²) < 4.78 is 0. The molecule has 0 aliphatic rings. The monoisotopic (exact) mass is 339 g/mol. The molecule has 25 heavy (non-hydrogen) atoms. The van der Waals surface area contributed by atoms with E-state index in [0.717, 1.165) is 17.7 Å². The summed E-state index contributed by atoms with van der Waals surface area (Å²) in [6, 6.07) is 14.1. The Kier molecular flexibility index (Phi) is 6.28. The lowest BCUT2D eigenvalue weighted by Gasteiger charge is -2.11. The van der Waals surface area contributed by atoms with Crippen molar-refractivity contribution in [2.45, 2.75) is 20.3 Å². The predicted octanol–water partition coefficient (Wildman–Crippen LogP) is 2.58. The number of carbonyl (C=O) groups is 3.